The summed E-state index contributed by atoms with van der Waals surface area (Å²) >= 11 is 6.04. The predicted octanol–water partition coefficient (Wildman–Crippen LogP) is 3.42. The van der Waals surface area contributed by atoms with Crippen LogP contribution in [-0.4, -0.2) is 23.0 Å². The molecule has 2 rings (SSSR count). The lowest BCUT2D eigenvalue weighted by atomic mass is 9.98. The van der Waals surface area contributed by atoms with Crippen LogP contribution in [-0.2, 0) is 4.79 Å². The molecule has 6 nitrogen and oxygen atoms in total. The fourth-order valence-electron chi connectivity index (χ4n) is 2.20. The van der Waals surface area contributed by atoms with E-state index in [-0.39, 0.29) is 11.8 Å². The van der Waals surface area contributed by atoms with Crippen LogP contribution in [0.25, 0.3) is 0 Å². The number of carbonyl (C=O) groups excluding carboxylic acids is 2. The number of nitrogens with zero attached hydrogens (tertiary/aromatic N) is 1. The minimum Gasteiger partial charge on any atom is -0.360 e. The molecule has 2 N–H and O–H groups in total. The number of rotatable bonds is 6. The molecule has 128 valence electrons. The molecule has 0 spiro atoms. The standard InChI is InChI=1S/C17H20ClN3O3/c1-4-10(2)15(17(23)19-14-9-11(3)24-21-14)20-16(22)12-7-5-6-8-13(12)18/h5-10,15H,4H2,1-3H3,(H,20,22)(H,19,21,23)/t10?,15-/m0/s1. The molecule has 7 heteroatoms. The lowest BCUT2D eigenvalue weighted by Gasteiger charge is -2.23. The van der Waals surface area contributed by atoms with Crippen molar-refractivity contribution in [3.63, 3.8) is 0 Å². The highest BCUT2D eigenvalue weighted by Gasteiger charge is 2.27. The Labute approximate surface area is 145 Å². The third-order valence-electron chi connectivity index (χ3n) is 3.78. The van der Waals surface area contributed by atoms with E-state index >= 15 is 0 Å². The van der Waals surface area contributed by atoms with Crippen molar-refractivity contribution in [3.05, 3.63) is 46.7 Å². The van der Waals surface area contributed by atoms with Gasteiger partial charge in [0, 0.05) is 6.07 Å². The van der Waals surface area contributed by atoms with E-state index in [9.17, 15) is 9.59 Å². The van der Waals surface area contributed by atoms with Gasteiger partial charge in [0.05, 0.1) is 10.6 Å². The summed E-state index contributed by atoms with van der Waals surface area (Å²) in [5, 5.41) is 9.49. The molecule has 2 amide bonds. The van der Waals surface area contributed by atoms with Gasteiger partial charge in [0.1, 0.15) is 11.8 Å². The van der Waals surface area contributed by atoms with E-state index in [2.05, 4.69) is 15.8 Å². The van der Waals surface area contributed by atoms with Crippen molar-refractivity contribution >= 4 is 29.2 Å². The molecule has 1 aromatic carbocycles. The van der Waals surface area contributed by atoms with Crippen LogP contribution < -0.4 is 10.6 Å². The van der Waals surface area contributed by atoms with Gasteiger partial charge in [-0.25, -0.2) is 0 Å². The number of aryl methyl sites for hydroxylation is 1. The molecule has 0 bridgehead atoms. The molecular weight excluding hydrogens is 330 g/mol. The van der Waals surface area contributed by atoms with Crippen LogP contribution >= 0.6 is 11.6 Å². The summed E-state index contributed by atoms with van der Waals surface area (Å²) in [5.74, 6) is 0.100. The van der Waals surface area contributed by atoms with Crippen LogP contribution in [0, 0.1) is 12.8 Å². The van der Waals surface area contributed by atoms with Crippen molar-refractivity contribution in [2.75, 3.05) is 5.32 Å². The van der Waals surface area contributed by atoms with Gasteiger partial charge in [0.15, 0.2) is 5.82 Å². The Morgan fingerprint density at radius 2 is 2.04 bits per heavy atom. The molecule has 0 saturated heterocycles. The number of nitrogens with one attached hydrogen (secondary N) is 2. The van der Waals surface area contributed by atoms with Gasteiger partial charge >= 0.3 is 0 Å². The van der Waals surface area contributed by atoms with Gasteiger partial charge in [-0.1, -0.05) is 49.2 Å². The molecule has 0 aliphatic heterocycles. The Hall–Kier alpha value is -2.34. The molecule has 2 atom stereocenters. The van der Waals surface area contributed by atoms with Crippen LogP contribution in [0.4, 0.5) is 5.82 Å². The third kappa shape index (κ3) is 4.35. The molecular formula is C17H20ClN3O3. The number of hydrogen-bond donors (Lipinski definition) is 2. The topological polar surface area (TPSA) is 84.2 Å². The summed E-state index contributed by atoms with van der Waals surface area (Å²) in [5.41, 5.74) is 0.331. The third-order valence-corrected chi connectivity index (χ3v) is 4.11. The Morgan fingerprint density at radius 1 is 1.33 bits per heavy atom. The van der Waals surface area contributed by atoms with E-state index in [4.69, 9.17) is 16.1 Å². The number of halogens is 1. The molecule has 2 aromatic rings. The predicted molar refractivity (Wildman–Crippen MR) is 92.0 cm³/mol. The van der Waals surface area contributed by atoms with Gasteiger partial charge in [-0.15, -0.1) is 0 Å². The van der Waals surface area contributed by atoms with Crippen molar-refractivity contribution in [2.45, 2.75) is 33.2 Å². The number of anilines is 1. The van der Waals surface area contributed by atoms with Gasteiger partial charge in [0.25, 0.3) is 5.91 Å². The molecule has 1 heterocycles. The van der Waals surface area contributed by atoms with E-state index < -0.39 is 11.9 Å². The van der Waals surface area contributed by atoms with E-state index in [1.165, 1.54) is 0 Å². The minimum atomic E-state index is -0.712. The van der Waals surface area contributed by atoms with Crippen LogP contribution in [0.1, 0.15) is 36.4 Å². The summed E-state index contributed by atoms with van der Waals surface area (Å²) in [7, 11) is 0. The fraction of sp³-hybridized carbons (Fsp3) is 0.353. The highest BCUT2D eigenvalue weighted by Crippen LogP contribution is 2.17. The Kier molecular flexibility index (Phi) is 5.98. The van der Waals surface area contributed by atoms with Crippen LogP contribution in [0.2, 0.25) is 5.02 Å². The second kappa shape index (κ2) is 7.97. The van der Waals surface area contributed by atoms with Crippen molar-refractivity contribution in [2.24, 2.45) is 5.92 Å². The van der Waals surface area contributed by atoms with Gasteiger partial charge < -0.3 is 15.2 Å². The second-order valence-corrected chi connectivity index (χ2v) is 6.04. The average Bonchev–Trinajstić information content (AvgIpc) is 2.96. The summed E-state index contributed by atoms with van der Waals surface area (Å²) in [6.45, 7) is 5.58. The number of benzene rings is 1. The lowest BCUT2D eigenvalue weighted by molar-refractivity contribution is -0.119. The second-order valence-electron chi connectivity index (χ2n) is 5.63. The van der Waals surface area contributed by atoms with Gasteiger partial charge in [-0.05, 0) is 25.0 Å². The Balaban J connectivity index is 2.14. The zero-order valence-corrected chi connectivity index (χ0v) is 14.6. The number of carbonyl (C=O) groups is 2. The number of hydrogen-bond acceptors (Lipinski definition) is 4. The van der Waals surface area contributed by atoms with Crippen molar-refractivity contribution < 1.29 is 14.1 Å². The van der Waals surface area contributed by atoms with Gasteiger partial charge in [0.2, 0.25) is 5.91 Å². The van der Waals surface area contributed by atoms with Crippen molar-refractivity contribution in [1.29, 1.82) is 0 Å². The van der Waals surface area contributed by atoms with E-state index in [1.807, 2.05) is 13.8 Å². The normalized spacial score (nSPS) is 13.2. The fourth-order valence-corrected chi connectivity index (χ4v) is 2.42. The smallest absolute Gasteiger partial charge is 0.253 e. The summed E-state index contributed by atoms with van der Waals surface area (Å²) < 4.78 is 4.93. The first-order valence-corrected chi connectivity index (χ1v) is 8.09. The first-order chi connectivity index (χ1) is 11.4. The Bertz CT molecular complexity index is 729. The zero-order chi connectivity index (χ0) is 17.7. The first-order valence-electron chi connectivity index (χ1n) is 7.72. The van der Waals surface area contributed by atoms with Crippen molar-refractivity contribution in [1.82, 2.24) is 10.5 Å². The summed E-state index contributed by atoms with van der Waals surface area (Å²) in [6.07, 6.45) is 0.721. The first kappa shape index (κ1) is 18.0. The largest absolute Gasteiger partial charge is 0.360 e. The van der Waals surface area contributed by atoms with Gasteiger partial charge in [-0.3, -0.25) is 9.59 Å². The highest BCUT2D eigenvalue weighted by atomic mass is 35.5. The molecule has 0 aliphatic carbocycles. The van der Waals surface area contributed by atoms with E-state index in [0.29, 0.717) is 22.2 Å². The van der Waals surface area contributed by atoms with Crippen LogP contribution in [0.15, 0.2) is 34.9 Å². The average molecular weight is 350 g/mol. The molecule has 0 fully saturated rings. The maximum absolute atomic E-state index is 12.5. The number of aromatic nitrogens is 1. The number of amides is 2. The van der Waals surface area contributed by atoms with Crippen LogP contribution in [0.5, 0.6) is 0 Å². The summed E-state index contributed by atoms with van der Waals surface area (Å²) in [4.78, 5) is 25.0. The zero-order valence-electron chi connectivity index (χ0n) is 13.8. The van der Waals surface area contributed by atoms with Gasteiger partial charge in [-0.2, -0.15) is 0 Å². The molecule has 1 aromatic heterocycles. The molecule has 0 saturated carbocycles. The maximum atomic E-state index is 12.5. The molecule has 0 radical (unpaired) electrons. The highest BCUT2D eigenvalue weighted by molar-refractivity contribution is 6.33. The van der Waals surface area contributed by atoms with Crippen LogP contribution in [0.3, 0.4) is 0 Å². The minimum absolute atomic E-state index is 0.0653. The van der Waals surface area contributed by atoms with Crippen molar-refractivity contribution in [3.8, 4) is 0 Å². The lowest BCUT2D eigenvalue weighted by Crippen LogP contribution is -2.47. The SMILES string of the molecule is CCC(C)[C@H](NC(=O)c1ccccc1Cl)C(=O)Nc1cc(C)on1. The van der Waals surface area contributed by atoms with E-state index in [1.54, 1.807) is 37.3 Å². The molecule has 1 unspecified atom stereocenters. The molecule has 0 aliphatic rings. The van der Waals surface area contributed by atoms with E-state index in [0.717, 1.165) is 6.42 Å². The Morgan fingerprint density at radius 3 is 2.62 bits per heavy atom. The quantitative estimate of drug-likeness (QED) is 0.836. The monoisotopic (exact) mass is 349 g/mol. The molecule has 24 heavy (non-hydrogen) atoms. The summed E-state index contributed by atoms with van der Waals surface area (Å²) in [6, 6.07) is 7.61. The maximum Gasteiger partial charge on any atom is 0.253 e.